The molecule has 0 aliphatic carbocycles. The molecule has 0 bridgehead atoms. The zero-order valence-electron chi connectivity index (χ0n) is 27.3. The molecule has 11 heteroatoms. The molecule has 4 N–H and O–H groups in total. The summed E-state index contributed by atoms with van der Waals surface area (Å²) < 4.78 is 33.0. The zero-order valence-corrected chi connectivity index (χ0v) is 28.2. The summed E-state index contributed by atoms with van der Waals surface area (Å²) in [5.74, 6) is -1.78. The summed E-state index contributed by atoms with van der Waals surface area (Å²) in [7, 11) is -4.59. The Morgan fingerprint density at radius 2 is 1.07 bits per heavy atom. The number of hydrogen-bond acceptors (Lipinski definition) is 8. The largest absolute Gasteiger partial charge is 0.480 e. The molecule has 0 fully saturated rings. The van der Waals surface area contributed by atoms with E-state index in [9.17, 15) is 19.0 Å². The number of hydrogen-bond donors (Lipinski definition) is 3. The first kappa shape index (κ1) is 42.0. The molecule has 0 saturated heterocycles. The van der Waals surface area contributed by atoms with Gasteiger partial charge in [0.1, 0.15) is 12.1 Å². The molecule has 3 unspecified atom stereocenters. The van der Waals surface area contributed by atoms with E-state index in [4.69, 9.17) is 24.8 Å². The first-order chi connectivity index (χ1) is 20.7. The van der Waals surface area contributed by atoms with Crippen LogP contribution in [0, 0.1) is 0 Å². The Morgan fingerprint density at radius 3 is 1.53 bits per heavy atom. The van der Waals surface area contributed by atoms with Gasteiger partial charge in [0.05, 0.1) is 19.8 Å². The van der Waals surface area contributed by atoms with E-state index in [0.29, 0.717) is 6.61 Å². The van der Waals surface area contributed by atoms with Crippen LogP contribution in [0.25, 0.3) is 0 Å². The molecule has 0 radical (unpaired) electrons. The molecular formula is C32H64NO9P. The van der Waals surface area contributed by atoms with Crippen LogP contribution in [0.15, 0.2) is 0 Å². The Bertz CT molecular complexity index is 710. The molecule has 0 rings (SSSR count). The number of ether oxygens (including phenoxy) is 2. The summed E-state index contributed by atoms with van der Waals surface area (Å²) in [6.07, 6.45) is 24.4. The molecule has 0 aromatic carbocycles. The Balaban J connectivity index is 4.34. The fraction of sp³-hybridized carbons (Fsp3) is 0.938. The van der Waals surface area contributed by atoms with E-state index < -0.39 is 45.1 Å². The number of esters is 1. The molecule has 0 aliphatic rings. The van der Waals surface area contributed by atoms with Gasteiger partial charge in [0.25, 0.3) is 0 Å². The van der Waals surface area contributed by atoms with E-state index in [-0.39, 0.29) is 13.0 Å². The van der Waals surface area contributed by atoms with E-state index in [1.54, 1.807) is 0 Å². The SMILES string of the molecule is CCCCCCCCCCCCCOCC(COP(=O)(O)OCC(N)C(=O)O)OC(=O)CCCCCCCCCCCC. The summed E-state index contributed by atoms with van der Waals surface area (Å²) in [6.45, 7) is 3.85. The van der Waals surface area contributed by atoms with Crippen LogP contribution in [0.3, 0.4) is 0 Å². The van der Waals surface area contributed by atoms with Gasteiger partial charge in [-0.05, 0) is 12.8 Å². The number of unbranched alkanes of at least 4 members (excludes halogenated alkanes) is 19. The standard InChI is InChI=1S/C32H64NO9P/c1-3-5-7-9-11-13-15-17-19-21-23-25-39-26-29(27-40-43(37,38)41-28-30(33)32(35)36)42-31(34)24-22-20-18-16-14-12-10-8-6-4-2/h29-30H,3-28,33H2,1-2H3,(H,35,36)(H,37,38). The van der Waals surface area contributed by atoms with Crippen LogP contribution < -0.4 is 5.73 Å². The summed E-state index contributed by atoms with van der Waals surface area (Å²) in [5, 5.41) is 8.82. The summed E-state index contributed by atoms with van der Waals surface area (Å²) in [6, 6.07) is -1.46. The number of carbonyl (C=O) groups is 2. The van der Waals surface area contributed by atoms with Crippen molar-refractivity contribution in [3.63, 3.8) is 0 Å². The van der Waals surface area contributed by atoms with Crippen LogP contribution in [0.5, 0.6) is 0 Å². The lowest BCUT2D eigenvalue weighted by Gasteiger charge is -2.20. The van der Waals surface area contributed by atoms with Crippen LogP contribution in [0.2, 0.25) is 0 Å². The highest BCUT2D eigenvalue weighted by molar-refractivity contribution is 7.47. The third-order valence-electron chi connectivity index (χ3n) is 7.39. The molecule has 0 aromatic heterocycles. The van der Waals surface area contributed by atoms with E-state index in [2.05, 4.69) is 18.4 Å². The molecule has 10 nitrogen and oxygen atoms in total. The van der Waals surface area contributed by atoms with Gasteiger partial charge in [-0.3, -0.25) is 18.6 Å². The van der Waals surface area contributed by atoms with Crippen molar-refractivity contribution in [2.45, 2.75) is 167 Å². The number of phosphoric ester groups is 1. The Kier molecular flexibility index (Phi) is 29.0. The average Bonchev–Trinajstić information content (AvgIpc) is 2.97. The molecule has 43 heavy (non-hydrogen) atoms. The maximum atomic E-state index is 12.5. The summed E-state index contributed by atoms with van der Waals surface area (Å²) in [5.41, 5.74) is 5.31. The van der Waals surface area contributed by atoms with Crippen LogP contribution >= 0.6 is 7.82 Å². The van der Waals surface area contributed by atoms with Gasteiger partial charge in [0.2, 0.25) is 0 Å². The molecular weight excluding hydrogens is 573 g/mol. The van der Waals surface area contributed by atoms with E-state index in [1.807, 2.05) is 0 Å². The highest BCUT2D eigenvalue weighted by Crippen LogP contribution is 2.43. The number of carbonyl (C=O) groups excluding carboxylic acids is 1. The first-order valence-corrected chi connectivity index (χ1v) is 18.6. The minimum absolute atomic E-state index is 0.0240. The van der Waals surface area contributed by atoms with Gasteiger partial charge in [0, 0.05) is 13.0 Å². The van der Waals surface area contributed by atoms with Crippen molar-refractivity contribution in [2.24, 2.45) is 5.73 Å². The van der Waals surface area contributed by atoms with E-state index in [1.165, 1.54) is 96.3 Å². The lowest BCUT2D eigenvalue weighted by molar-refractivity contribution is -0.154. The van der Waals surface area contributed by atoms with Gasteiger partial charge in [-0.2, -0.15) is 0 Å². The number of phosphoric acid groups is 1. The van der Waals surface area contributed by atoms with Crippen molar-refractivity contribution in [3.05, 3.63) is 0 Å². The third kappa shape index (κ3) is 29.4. The predicted molar refractivity (Wildman–Crippen MR) is 171 cm³/mol. The van der Waals surface area contributed by atoms with Crippen LogP contribution in [-0.2, 0) is 32.7 Å². The van der Waals surface area contributed by atoms with Crippen LogP contribution in [-0.4, -0.2) is 60.5 Å². The average molecular weight is 638 g/mol. The molecule has 0 saturated carbocycles. The van der Waals surface area contributed by atoms with Crippen molar-refractivity contribution >= 4 is 19.8 Å². The Hall–Kier alpha value is -1.03. The van der Waals surface area contributed by atoms with Crippen LogP contribution in [0.4, 0.5) is 0 Å². The van der Waals surface area contributed by atoms with E-state index in [0.717, 1.165) is 38.5 Å². The third-order valence-corrected chi connectivity index (χ3v) is 8.34. The van der Waals surface area contributed by atoms with Crippen molar-refractivity contribution in [2.75, 3.05) is 26.4 Å². The smallest absolute Gasteiger partial charge is 0.472 e. The fourth-order valence-electron chi connectivity index (χ4n) is 4.66. The maximum absolute atomic E-state index is 12.5. The molecule has 0 heterocycles. The second-order valence-corrected chi connectivity index (χ2v) is 13.1. The lowest BCUT2D eigenvalue weighted by atomic mass is 10.1. The number of aliphatic carboxylic acids is 1. The topological polar surface area (TPSA) is 155 Å². The summed E-state index contributed by atoms with van der Waals surface area (Å²) >= 11 is 0. The summed E-state index contributed by atoms with van der Waals surface area (Å²) in [4.78, 5) is 33.2. The predicted octanol–water partition coefficient (Wildman–Crippen LogP) is 8.08. The quantitative estimate of drug-likeness (QED) is 0.0365. The van der Waals surface area contributed by atoms with Gasteiger partial charge in [-0.1, -0.05) is 136 Å². The molecule has 0 spiro atoms. The van der Waals surface area contributed by atoms with Crippen molar-refractivity contribution in [3.8, 4) is 0 Å². The first-order valence-electron chi connectivity index (χ1n) is 17.1. The normalized spacial score (nSPS) is 14.3. The number of carboxylic acids is 1. The highest BCUT2D eigenvalue weighted by Gasteiger charge is 2.27. The Labute approximate surface area is 261 Å². The maximum Gasteiger partial charge on any atom is 0.472 e. The minimum atomic E-state index is -4.59. The van der Waals surface area contributed by atoms with Gasteiger partial charge < -0.3 is 25.2 Å². The van der Waals surface area contributed by atoms with Gasteiger partial charge in [-0.15, -0.1) is 0 Å². The van der Waals surface area contributed by atoms with Crippen LogP contribution in [0.1, 0.15) is 155 Å². The van der Waals surface area contributed by atoms with Crippen molar-refractivity contribution < 1.29 is 42.7 Å². The van der Waals surface area contributed by atoms with Gasteiger partial charge in [-0.25, -0.2) is 4.57 Å². The minimum Gasteiger partial charge on any atom is -0.480 e. The Morgan fingerprint density at radius 1 is 0.651 bits per heavy atom. The van der Waals surface area contributed by atoms with Gasteiger partial charge >= 0.3 is 19.8 Å². The number of rotatable bonds is 33. The molecule has 3 atom stereocenters. The molecule has 0 aliphatic heterocycles. The second kappa shape index (κ2) is 29.7. The van der Waals surface area contributed by atoms with E-state index >= 15 is 0 Å². The molecule has 0 aromatic rings. The fourth-order valence-corrected chi connectivity index (χ4v) is 5.44. The molecule has 0 amide bonds. The van der Waals surface area contributed by atoms with Crippen molar-refractivity contribution in [1.29, 1.82) is 0 Å². The zero-order chi connectivity index (χ0) is 32.0. The lowest BCUT2D eigenvalue weighted by Crippen LogP contribution is -2.34. The number of nitrogens with two attached hydrogens (primary N) is 1. The second-order valence-electron chi connectivity index (χ2n) is 11.7. The molecule has 256 valence electrons. The monoisotopic (exact) mass is 637 g/mol. The highest BCUT2D eigenvalue weighted by atomic mass is 31.2. The van der Waals surface area contributed by atoms with Crippen molar-refractivity contribution in [1.82, 2.24) is 0 Å². The number of carboxylic acid groups (broad SMARTS) is 1. The van der Waals surface area contributed by atoms with Gasteiger partial charge in [0.15, 0.2) is 0 Å².